The molecule has 1 aromatic rings. The van der Waals surface area contributed by atoms with E-state index >= 15 is 0 Å². The summed E-state index contributed by atoms with van der Waals surface area (Å²) in [7, 11) is 0. The highest BCUT2D eigenvalue weighted by molar-refractivity contribution is 5.82. The van der Waals surface area contributed by atoms with Crippen LogP contribution in [0.3, 0.4) is 0 Å². The van der Waals surface area contributed by atoms with E-state index in [0.717, 1.165) is 25.7 Å². The first-order chi connectivity index (χ1) is 9.63. The summed E-state index contributed by atoms with van der Waals surface area (Å²) in [6.45, 7) is 2.41. The van der Waals surface area contributed by atoms with Crippen LogP contribution < -0.4 is 5.73 Å². The van der Waals surface area contributed by atoms with Gasteiger partial charge in [-0.2, -0.15) is 0 Å². The van der Waals surface area contributed by atoms with E-state index in [1.165, 1.54) is 6.07 Å². The number of benzene rings is 1. The quantitative estimate of drug-likeness (QED) is 0.833. The van der Waals surface area contributed by atoms with Gasteiger partial charge in [0.2, 0.25) is 5.91 Å². The van der Waals surface area contributed by atoms with Gasteiger partial charge < -0.3 is 10.6 Å². The summed E-state index contributed by atoms with van der Waals surface area (Å²) < 4.78 is 13.7. The SMILES string of the molecule is CCCC[C@H](N)C(=O)N(Cc1ccccc1F)C1CC1. The molecule has 1 aromatic carbocycles. The van der Waals surface area contributed by atoms with Crippen molar-refractivity contribution in [1.82, 2.24) is 4.90 Å². The van der Waals surface area contributed by atoms with Gasteiger partial charge in [-0.15, -0.1) is 0 Å². The molecule has 1 saturated carbocycles. The zero-order valence-electron chi connectivity index (χ0n) is 12.0. The van der Waals surface area contributed by atoms with E-state index in [0.29, 0.717) is 18.5 Å². The zero-order valence-corrected chi connectivity index (χ0v) is 12.0. The molecule has 110 valence electrons. The Morgan fingerprint density at radius 1 is 1.45 bits per heavy atom. The molecule has 3 nitrogen and oxygen atoms in total. The fraction of sp³-hybridized carbons (Fsp3) is 0.562. The lowest BCUT2D eigenvalue weighted by molar-refractivity contribution is -0.134. The van der Waals surface area contributed by atoms with Crippen LogP contribution in [0.15, 0.2) is 24.3 Å². The standard InChI is InChI=1S/C16H23FN2O/c1-2-3-8-15(18)16(20)19(13-9-10-13)11-12-6-4-5-7-14(12)17/h4-7,13,15H,2-3,8-11,18H2,1H3/t15-/m0/s1. The van der Waals surface area contributed by atoms with Crippen LogP contribution in [0.25, 0.3) is 0 Å². The Kier molecular flexibility index (Phi) is 5.12. The van der Waals surface area contributed by atoms with Crippen LogP contribution in [0.1, 0.15) is 44.6 Å². The first-order valence-electron chi connectivity index (χ1n) is 7.43. The molecule has 20 heavy (non-hydrogen) atoms. The Labute approximate surface area is 120 Å². The second kappa shape index (κ2) is 6.84. The monoisotopic (exact) mass is 278 g/mol. The molecule has 4 heteroatoms. The Hall–Kier alpha value is -1.42. The van der Waals surface area contributed by atoms with E-state index in [1.807, 2.05) is 0 Å². The third-order valence-electron chi connectivity index (χ3n) is 3.76. The van der Waals surface area contributed by atoms with Gasteiger partial charge in [0.1, 0.15) is 5.82 Å². The first kappa shape index (κ1) is 15.0. The van der Waals surface area contributed by atoms with Gasteiger partial charge in [0.15, 0.2) is 0 Å². The Morgan fingerprint density at radius 2 is 2.15 bits per heavy atom. The molecule has 0 heterocycles. The molecule has 1 aliphatic carbocycles. The average molecular weight is 278 g/mol. The fourth-order valence-electron chi connectivity index (χ4n) is 2.34. The molecule has 0 bridgehead atoms. The van der Waals surface area contributed by atoms with Crippen molar-refractivity contribution in [3.63, 3.8) is 0 Å². The number of unbranched alkanes of at least 4 members (excludes halogenated alkanes) is 1. The number of rotatable bonds is 7. The molecule has 2 rings (SSSR count). The minimum absolute atomic E-state index is 0.0378. The van der Waals surface area contributed by atoms with E-state index in [1.54, 1.807) is 23.1 Å². The molecule has 0 aliphatic heterocycles. The lowest BCUT2D eigenvalue weighted by Gasteiger charge is -2.26. The molecule has 0 spiro atoms. The van der Waals surface area contributed by atoms with Crippen LogP contribution in [-0.4, -0.2) is 22.9 Å². The highest BCUT2D eigenvalue weighted by atomic mass is 19.1. The second-order valence-corrected chi connectivity index (χ2v) is 5.54. The number of carbonyl (C=O) groups is 1. The molecule has 1 atom stereocenters. The summed E-state index contributed by atoms with van der Waals surface area (Å²) in [5.41, 5.74) is 6.54. The number of hydrogen-bond donors (Lipinski definition) is 1. The summed E-state index contributed by atoms with van der Waals surface area (Å²) in [5, 5.41) is 0. The van der Waals surface area contributed by atoms with Crippen molar-refractivity contribution in [2.45, 2.75) is 57.7 Å². The van der Waals surface area contributed by atoms with Crippen LogP contribution in [0, 0.1) is 5.82 Å². The van der Waals surface area contributed by atoms with E-state index in [4.69, 9.17) is 5.73 Å². The van der Waals surface area contributed by atoms with Crippen LogP contribution in [0.2, 0.25) is 0 Å². The molecule has 1 fully saturated rings. The third-order valence-corrected chi connectivity index (χ3v) is 3.76. The summed E-state index contributed by atoms with van der Waals surface area (Å²) in [4.78, 5) is 14.2. The molecule has 2 N–H and O–H groups in total. The summed E-state index contributed by atoms with van der Waals surface area (Å²) >= 11 is 0. The third kappa shape index (κ3) is 3.79. The van der Waals surface area contributed by atoms with Crippen molar-refractivity contribution in [2.24, 2.45) is 5.73 Å². The highest BCUT2D eigenvalue weighted by Crippen LogP contribution is 2.29. The zero-order chi connectivity index (χ0) is 14.5. The van der Waals surface area contributed by atoms with Crippen molar-refractivity contribution >= 4 is 5.91 Å². The lowest BCUT2D eigenvalue weighted by atomic mass is 10.1. The van der Waals surface area contributed by atoms with Crippen molar-refractivity contribution in [1.29, 1.82) is 0 Å². The number of nitrogens with two attached hydrogens (primary N) is 1. The van der Waals surface area contributed by atoms with Gasteiger partial charge in [-0.3, -0.25) is 4.79 Å². The maximum Gasteiger partial charge on any atom is 0.240 e. The van der Waals surface area contributed by atoms with Crippen molar-refractivity contribution in [3.8, 4) is 0 Å². The maximum atomic E-state index is 13.7. The summed E-state index contributed by atoms with van der Waals surface area (Å²) in [5.74, 6) is -0.294. The molecule has 0 aromatic heterocycles. The van der Waals surface area contributed by atoms with E-state index in [-0.39, 0.29) is 17.8 Å². The molecule has 1 amide bonds. The van der Waals surface area contributed by atoms with Crippen molar-refractivity contribution in [3.05, 3.63) is 35.6 Å². The van der Waals surface area contributed by atoms with Crippen molar-refractivity contribution < 1.29 is 9.18 Å². The molecular formula is C16H23FN2O. The smallest absolute Gasteiger partial charge is 0.240 e. The normalized spacial score (nSPS) is 15.9. The number of nitrogens with zero attached hydrogens (tertiary/aromatic N) is 1. The van der Waals surface area contributed by atoms with Crippen LogP contribution in [-0.2, 0) is 11.3 Å². The Morgan fingerprint density at radius 3 is 2.75 bits per heavy atom. The lowest BCUT2D eigenvalue weighted by Crippen LogP contribution is -2.44. The number of halogens is 1. The summed E-state index contributed by atoms with van der Waals surface area (Å²) in [6, 6.07) is 6.41. The molecular weight excluding hydrogens is 255 g/mol. The van der Waals surface area contributed by atoms with Gasteiger partial charge in [-0.05, 0) is 25.3 Å². The number of carbonyl (C=O) groups excluding carboxylic acids is 1. The number of hydrogen-bond acceptors (Lipinski definition) is 2. The molecule has 0 saturated heterocycles. The average Bonchev–Trinajstić information content (AvgIpc) is 3.27. The molecule has 1 aliphatic rings. The van der Waals surface area contributed by atoms with E-state index in [2.05, 4.69) is 6.92 Å². The summed E-state index contributed by atoms with van der Waals surface area (Å²) in [6.07, 6.45) is 4.68. The van der Waals surface area contributed by atoms with Gasteiger partial charge in [-0.25, -0.2) is 4.39 Å². The predicted molar refractivity (Wildman–Crippen MR) is 77.5 cm³/mol. The van der Waals surface area contributed by atoms with Gasteiger partial charge in [0.25, 0.3) is 0 Å². The van der Waals surface area contributed by atoms with Gasteiger partial charge in [0.05, 0.1) is 6.04 Å². The molecule has 0 unspecified atom stereocenters. The first-order valence-corrected chi connectivity index (χ1v) is 7.43. The van der Waals surface area contributed by atoms with Gasteiger partial charge >= 0.3 is 0 Å². The minimum atomic E-state index is -0.456. The fourth-order valence-corrected chi connectivity index (χ4v) is 2.34. The topological polar surface area (TPSA) is 46.3 Å². The van der Waals surface area contributed by atoms with Crippen LogP contribution in [0.4, 0.5) is 4.39 Å². The van der Waals surface area contributed by atoms with Crippen LogP contribution >= 0.6 is 0 Å². The Bertz CT molecular complexity index is 460. The van der Waals surface area contributed by atoms with E-state index < -0.39 is 6.04 Å². The predicted octanol–water partition coefficient (Wildman–Crippen LogP) is 2.83. The molecule has 0 radical (unpaired) electrons. The van der Waals surface area contributed by atoms with Gasteiger partial charge in [0, 0.05) is 18.2 Å². The maximum absolute atomic E-state index is 13.7. The second-order valence-electron chi connectivity index (χ2n) is 5.54. The van der Waals surface area contributed by atoms with Gasteiger partial charge in [-0.1, -0.05) is 38.0 Å². The highest BCUT2D eigenvalue weighted by Gasteiger charge is 2.34. The number of amides is 1. The van der Waals surface area contributed by atoms with Crippen molar-refractivity contribution in [2.75, 3.05) is 0 Å². The minimum Gasteiger partial charge on any atom is -0.334 e. The van der Waals surface area contributed by atoms with Crippen LogP contribution in [0.5, 0.6) is 0 Å². The Balaban J connectivity index is 2.04. The largest absolute Gasteiger partial charge is 0.334 e. The van der Waals surface area contributed by atoms with E-state index in [9.17, 15) is 9.18 Å².